The van der Waals surface area contributed by atoms with Gasteiger partial charge in [0, 0.05) is 7.11 Å². The molecule has 0 aliphatic carbocycles. The van der Waals surface area contributed by atoms with Gasteiger partial charge in [-0.2, -0.15) is 0 Å². The third kappa shape index (κ3) is 1.23. The molecule has 66 valence electrons. The van der Waals surface area contributed by atoms with Crippen LogP contribution >= 0.6 is 0 Å². The lowest BCUT2D eigenvalue weighted by molar-refractivity contribution is -0.217. The van der Waals surface area contributed by atoms with Crippen LogP contribution in [0.5, 0.6) is 0 Å². The van der Waals surface area contributed by atoms with Gasteiger partial charge in [-0.25, -0.2) is 0 Å². The number of methoxy groups -OCH3 is 1. The van der Waals surface area contributed by atoms with E-state index < -0.39 is 6.29 Å². The SMILES string of the molecule is COC1C=CC2CC(=O)OC2O1. The van der Waals surface area contributed by atoms with Crippen molar-refractivity contribution in [2.45, 2.75) is 19.0 Å². The molecule has 4 nitrogen and oxygen atoms in total. The van der Waals surface area contributed by atoms with E-state index in [-0.39, 0.29) is 18.2 Å². The van der Waals surface area contributed by atoms with Crippen molar-refractivity contribution in [3.63, 3.8) is 0 Å². The van der Waals surface area contributed by atoms with E-state index in [1.165, 1.54) is 0 Å². The van der Waals surface area contributed by atoms with Crippen LogP contribution < -0.4 is 0 Å². The lowest BCUT2D eigenvalue weighted by Crippen LogP contribution is -2.29. The predicted octanol–water partition coefficient (Wildman–Crippen LogP) is 0.435. The van der Waals surface area contributed by atoms with Gasteiger partial charge >= 0.3 is 5.97 Å². The molecule has 2 aliphatic rings. The first-order chi connectivity index (χ1) is 5.79. The number of carbonyl (C=O) groups is 1. The number of rotatable bonds is 1. The van der Waals surface area contributed by atoms with Crippen LogP contribution in [0.15, 0.2) is 12.2 Å². The molecule has 0 amide bonds. The number of ether oxygens (including phenoxy) is 3. The highest BCUT2D eigenvalue weighted by Crippen LogP contribution is 2.29. The first kappa shape index (κ1) is 7.76. The van der Waals surface area contributed by atoms with Crippen molar-refractivity contribution in [3.05, 3.63) is 12.2 Å². The van der Waals surface area contributed by atoms with Gasteiger partial charge < -0.3 is 14.2 Å². The second kappa shape index (κ2) is 2.88. The second-order valence-corrected chi connectivity index (χ2v) is 2.85. The molecule has 0 N–H and O–H groups in total. The second-order valence-electron chi connectivity index (χ2n) is 2.85. The number of esters is 1. The average Bonchev–Trinajstić information content (AvgIpc) is 2.43. The standard InChI is InChI=1S/C8H10O4/c1-10-7-3-2-5-4-6(9)11-8(5)12-7/h2-3,5,7-8H,4H2,1H3. The topological polar surface area (TPSA) is 44.8 Å². The summed E-state index contributed by atoms with van der Waals surface area (Å²) in [6.45, 7) is 0. The quantitative estimate of drug-likeness (QED) is 0.423. The van der Waals surface area contributed by atoms with Crippen LogP contribution in [0.2, 0.25) is 0 Å². The largest absolute Gasteiger partial charge is 0.435 e. The zero-order chi connectivity index (χ0) is 8.55. The molecule has 3 atom stereocenters. The van der Waals surface area contributed by atoms with Gasteiger partial charge in [0.1, 0.15) is 0 Å². The minimum Gasteiger partial charge on any atom is -0.435 e. The van der Waals surface area contributed by atoms with Gasteiger partial charge in [0.2, 0.25) is 6.29 Å². The molecule has 2 rings (SSSR count). The molecule has 1 saturated heterocycles. The first-order valence-electron chi connectivity index (χ1n) is 3.85. The Morgan fingerprint density at radius 1 is 1.58 bits per heavy atom. The molecule has 0 radical (unpaired) electrons. The Morgan fingerprint density at radius 3 is 3.17 bits per heavy atom. The first-order valence-corrected chi connectivity index (χ1v) is 3.85. The molecule has 2 heterocycles. The van der Waals surface area contributed by atoms with Gasteiger partial charge in [-0.3, -0.25) is 4.79 Å². The zero-order valence-corrected chi connectivity index (χ0v) is 6.73. The Kier molecular flexibility index (Phi) is 1.86. The molecular formula is C8H10O4. The van der Waals surface area contributed by atoms with Crippen LogP contribution in [0.25, 0.3) is 0 Å². The third-order valence-corrected chi connectivity index (χ3v) is 2.02. The van der Waals surface area contributed by atoms with Crippen LogP contribution in [0.4, 0.5) is 0 Å². The summed E-state index contributed by atoms with van der Waals surface area (Å²) in [7, 11) is 1.55. The lowest BCUT2D eigenvalue weighted by Gasteiger charge is -2.24. The summed E-state index contributed by atoms with van der Waals surface area (Å²) >= 11 is 0. The van der Waals surface area contributed by atoms with Gasteiger partial charge in [-0.1, -0.05) is 6.08 Å². The molecule has 0 aromatic carbocycles. The maximum absolute atomic E-state index is 10.8. The fourth-order valence-corrected chi connectivity index (χ4v) is 1.39. The fraction of sp³-hybridized carbons (Fsp3) is 0.625. The minimum absolute atomic E-state index is 0.0731. The van der Waals surface area contributed by atoms with Crippen molar-refractivity contribution in [2.24, 2.45) is 5.92 Å². The Morgan fingerprint density at radius 2 is 2.42 bits per heavy atom. The highest BCUT2D eigenvalue weighted by Gasteiger charge is 2.37. The van der Waals surface area contributed by atoms with Crippen LogP contribution in [-0.2, 0) is 19.0 Å². The van der Waals surface area contributed by atoms with Crippen LogP contribution in [0.3, 0.4) is 0 Å². The number of carbonyl (C=O) groups excluding carboxylic acids is 1. The molecule has 0 aromatic heterocycles. The Hall–Kier alpha value is -0.870. The van der Waals surface area contributed by atoms with Crippen molar-refractivity contribution >= 4 is 5.97 Å². The molecule has 0 spiro atoms. The van der Waals surface area contributed by atoms with Crippen molar-refractivity contribution in [1.29, 1.82) is 0 Å². The maximum atomic E-state index is 10.8. The van der Waals surface area contributed by atoms with Gasteiger partial charge in [0.25, 0.3) is 0 Å². The van der Waals surface area contributed by atoms with E-state index in [0.29, 0.717) is 6.42 Å². The lowest BCUT2D eigenvalue weighted by atomic mass is 10.1. The van der Waals surface area contributed by atoms with Gasteiger partial charge in [0.05, 0.1) is 12.3 Å². The normalized spacial score (nSPS) is 39.4. The van der Waals surface area contributed by atoms with Crippen molar-refractivity contribution in [3.8, 4) is 0 Å². The van der Waals surface area contributed by atoms with Gasteiger partial charge in [-0.05, 0) is 6.08 Å². The summed E-state index contributed by atoms with van der Waals surface area (Å²) in [6, 6.07) is 0. The average molecular weight is 170 g/mol. The van der Waals surface area contributed by atoms with E-state index in [9.17, 15) is 4.79 Å². The van der Waals surface area contributed by atoms with Gasteiger partial charge in [0.15, 0.2) is 6.29 Å². The van der Waals surface area contributed by atoms with Crippen molar-refractivity contribution < 1.29 is 19.0 Å². The molecule has 1 fully saturated rings. The summed E-state index contributed by atoms with van der Waals surface area (Å²) in [5.74, 6) is -0.129. The maximum Gasteiger partial charge on any atom is 0.308 e. The summed E-state index contributed by atoms with van der Waals surface area (Å²) in [5.41, 5.74) is 0. The van der Waals surface area contributed by atoms with E-state index in [4.69, 9.17) is 14.2 Å². The zero-order valence-electron chi connectivity index (χ0n) is 6.73. The summed E-state index contributed by atoms with van der Waals surface area (Å²) in [6.07, 6.45) is 3.30. The monoisotopic (exact) mass is 170 g/mol. The highest BCUT2D eigenvalue weighted by molar-refractivity contribution is 5.72. The minimum atomic E-state index is -0.438. The Labute approximate surface area is 70.1 Å². The predicted molar refractivity (Wildman–Crippen MR) is 39.0 cm³/mol. The fourth-order valence-electron chi connectivity index (χ4n) is 1.39. The van der Waals surface area contributed by atoms with E-state index >= 15 is 0 Å². The molecule has 4 heteroatoms. The van der Waals surface area contributed by atoms with Crippen molar-refractivity contribution in [1.82, 2.24) is 0 Å². The molecule has 0 aromatic rings. The smallest absolute Gasteiger partial charge is 0.308 e. The van der Waals surface area contributed by atoms with Crippen LogP contribution in [-0.4, -0.2) is 25.7 Å². The Bertz CT molecular complexity index is 223. The summed E-state index contributed by atoms with van der Waals surface area (Å²) < 4.78 is 15.1. The summed E-state index contributed by atoms with van der Waals surface area (Å²) in [5, 5.41) is 0. The van der Waals surface area contributed by atoms with Crippen LogP contribution in [0.1, 0.15) is 6.42 Å². The third-order valence-electron chi connectivity index (χ3n) is 2.02. The molecule has 0 bridgehead atoms. The molecule has 12 heavy (non-hydrogen) atoms. The summed E-state index contributed by atoms with van der Waals surface area (Å²) in [4.78, 5) is 10.8. The molecule has 0 saturated carbocycles. The number of hydrogen-bond donors (Lipinski definition) is 0. The van der Waals surface area contributed by atoms with E-state index in [0.717, 1.165) is 0 Å². The van der Waals surface area contributed by atoms with Gasteiger partial charge in [-0.15, -0.1) is 0 Å². The van der Waals surface area contributed by atoms with E-state index in [1.54, 1.807) is 13.2 Å². The number of hydrogen-bond acceptors (Lipinski definition) is 4. The van der Waals surface area contributed by atoms with Crippen LogP contribution in [0, 0.1) is 5.92 Å². The Balaban J connectivity index is 2.07. The molecular weight excluding hydrogens is 160 g/mol. The number of fused-ring (bicyclic) bond motifs is 1. The molecule has 3 unspecified atom stereocenters. The van der Waals surface area contributed by atoms with E-state index in [1.807, 2.05) is 6.08 Å². The molecule has 2 aliphatic heterocycles. The van der Waals surface area contributed by atoms with E-state index in [2.05, 4.69) is 0 Å². The highest BCUT2D eigenvalue weighted by atomic mass is 16.8. The van der Waals surface area contributed by atoms with Crippen molar-refractivity contribution in [2.75, 3.05) is 7.11 Å².